The fraction of sp³-hybridized carbons (Fsp3) is 0.360. The van der Waals surface area contributed by atoms with E-state index in [4.69, 9.17) is 14.7 Å². The van der Waals surface area contributed by atoms with E-state index in [2.05, 4.69) is 47.2 Å². The molecule has 0 saturated carbocycles. The number of unbranched alkanes of at least 4 members (excludes halogenated alkanes) is 1. The molecular weight excluding hydrogens is 372 g/mol. The van der Waals surface area contributed by atoms with Gasteiger partial charge in [-0.3, -0.25) is 0 Å². The molecule has 0 atom stereocenters. The summed E-state index contributed by atoms with van der Waals surface area (Å²) < 4.78 is 6.25. The minimum atomic E-state index is 0.726. The third kappa shape index (κ3) is 3.95. The highest BCUT2D eigenvalue weighted by molar-refractivity contribution is 6.08. The lowest BCUT2D eigenvalue weighted by atomic mass is 10.1. The first kappa shape index (κ1) is 19.2. The number of aromatic nitrogens is 2. The van der Waals surface area contributed by atoms with Crippen LogP contribution in [0.4, 0.5) is 0 Å². The minimum absolute atomic E-state index is 0.726. The number of piperazine rings is 1. The zero-order valence-corrected chi connectivity index (χ0v) is 17.6. The molecule has 5 nitrogen and oxygen atoms in total. The summed E-state index contributed by atoms with van der Waals surface area (Å²) in [5.74, 6) is 0.905. The van der Waals surface area contributed by atoms with Gasteiger partial charge in [0.15, 0.2) is 0 Å². The summed E-state index contributed by atoms with van der Waals surface area (Å²) in [4.78, 5) is 14.7. The van der Waals surface area contributed by atoms with Gasteiger partial charge in [-0.15, -0.1) is 0 Å². The molecule has 4 aromatic rings. The highest BCUT2D eigenvalue weighted by Crippen LogP contribution is 2.32. The number of benzene rings is 3. The van der Waals surface area contributed by atoms with Gasteiger partial charge in [0.05, 0.1) is 28.7 Å². The van der Waals surface area contributed by atoms with Crippen molar-refractivity contribution in [3.63, 3.8) is 0 Å². The van der Waals surface area contributed by atoms with Gasteiger partial charge >= 0.3 is 0 Å². The van der Waals surface area contributed by atoms with Crippen LogP contribution in [-0.4, -0.2) is 66.1 Å². The second kappa shape index (κ2) is 8.54. The lowest BCUT2D eigenvalue weighted by Crippen LogP contribution is -2.44. The lowest BCUT2D eigenvalue weighted by molar-refractivity contribution is 0.150. The van der Waals surface area contributed by atoms with Crippen molar-refractivity contribution in [2.45, 2.75) is 12.8 Å². The standard InChI is InChI=1S/C25H28N4O/c1-28-13-15-29(16-14-28)12-6-7-17-30-24-18-23-25(20-9-3-2-8-19(20)24)27-22-11-5-4-10-21(22)26-23/h2-5,8-11,18H,6-7,12-17H2,1H3. The monoisotopic (exact) mass is 400 g/mol. The predicted molar refractivity (Wildman–Crippen MR) is 123 cm³/mol. The Morgan fingerprint density at radius 1 is 0.800 bits per heavy atom. The summed E-state index contributed by atoms with van der Waals surface area (Å²) in [6.45, 7) is 6.60. The molecule has 0 N–H and O–H groups in total. The molecular formula is C25H28N4O. The van der Waals surface area contributed by atoms with Crippen molar-refractivity contribution in [3.8, 4) is 5.75 Å². The smallest absolute Gasteiger partial charge is 0.129 e. The van der Waals surface area contributed by atoms with Crippen molar-refractivity contribution in [2.75, 3.05) is 46.4 Å². The maximum Gasteiger partial charge on any atom is 0.129 e. The predicted octanol–water partition coefficient (Wildman–Crippen LogP) is 4.34. The molecule has 1 aromatic heterocycles. The molecule has 1 saturated heterocycles. The van der Waals surface area contributed by atoms with Gasteiger partial charge in [-0.2, -0.15) is 0 Å². The number of fused-ring (bicyclic) bond motifs is 4. The van der Waals surface area contributed by atoms with Crippen molar-refractivity contribution < 1.29 is 4.74 Å². The molecule has 1 aliphatic rings. The van der Waals surface area contributed by atoms with Gasteiger partial charge in [-0.1, -0.05) is 36.4 Å². The Hall–Kier alpha value is -2.76. The van der Waals surface area contributed by atoms with Gasteiger partial charge in [0.2, 0.25) is 0 Å². The minimum Gasteiger partial charge on any atom is -0.493 e. The summed E-state index contributed by atoms with van der Waals surface area (Å²) in [7, 11) is 2.20. The van der Waals surface area contributed by atoms with Crippen LogP contribution in [-0.2, 0) is 0 Å². The van der Waals surface area contributed by atoms with E-state index in [1.165, 1.54) is 32.6 Å². The van der Waals surface area contributed by atoms with Crippen LogP contribution in [0.1, 0.15) is 12.8 Å². The maximum atomic E-state index is 6.25. The van der Waals surface area contributed by atoms with E-state index in [9.17, 15) is 0 Å². The van der Waals surface area contributed by atoms with E-state index in [-0.39, 0.29) is 0 Å². The molecule has 0 aliphatic carbocycles. The van der Waals surface area contributed by atoms with E-state index in [1.54, 1.807) is 0 Å². The summed E-state index contributed by atoms with van der Waals surface area (Å²) in [6.07, 6.45) is 2.22. The SMILES string of the molecule is CN1CCN(CCCCOc2cc3nc4ccccc4nc3c3ccccc23)CC1. The second-order valence-electron chi connectivity index (χ2n) is 8.20. The Morgan fingerprint density at radius 3 is 2.30 bits per heavy atom. The molecule has 3 aromatic carbocycles. The molecule has 5 rings (SSSR count). The van der Waals surface area contributed by atoms with Crippen LogP contribution in [0.25, 0.3) is 32.8 Å². The van der Waals surface area contributed by atoms with Gasteiger partial charge in [0, 0.05) is 43.0 Å². The van der Waals surface area contributed by atoms with Crippen molar-refractivity contribution in [2.24, 2.45) is 0 Å². The zero-order chi connectivity index (χ0) is 20.3. The van der Waals surface area contributed by atoms with Gasteiger partial charge < -0.3 is 14.5 Å². The van der Waals surface area contributed by atoms with Crippen LogP contribution in [0.15, 0.2) is 54.6 Å². The maximum absolute atomic E-state index is 6.25. The van der Waals surface area contributed by atoms with Crippen LogP contribution < -0.4 is 4.74 Å². The number of ether oxygens (including phenoxy) is 1. The molecule has 0 amide bonds. The first-order valence-corrected chi connectivity index (χ1v) is 10.9. The average Bonchev–Trinajstić information content (AvgIpc) is 2.79. The van der Waals surface area contributed by atoms with Crippen molar-refractivity contribution in [1.82, 2.24) is 19.8 Å². The van der Waals surface area contributed by atoms with Crippen LogP contribution in [0, 0.1) is 0 Å². The fourth-order valence-electron chi connectivity index (χ4n) is 4.23. The van der Waals surface area contributed by atoms with E-state index in [0.29, 0.717) is 0 Å². The van der Waals surface area contributed by atoms with Crippen LogP contribution in [0.2, 0.25) is 0 Å². The summed E-state index contributed by atoms with van der Waals surface area (Å²) in [5, 5.41) is 2.20. The summed E-state index contributed by atoms with van der Waals surface area (Å²) >= 11 is 0. The first-order chi connectivity index (χ1) is 14.8. The molecule has 154 valence electrons. The molecule has 2 heterocycles. The Kier molecular flexibility index (Phi) is 5.47. The largest absolute Gasteiger partial charge is 0.493 e. The van der Waals surface area contributed by atoms with Crippen molar-refractivity contribution in [1.29, 1.82) is 0 Å². The molecule has 0 spiro atoms. The summed E-state index contributed by atoms with van der Waals surface area (Å²) in [5.41, 5.74) is 3.66. The number of para-hydroxylation sites is 2. The highest BCUT2D eigenvalue weighted by atomic mass is 16.5. The van der Waals surface area contributed by atoms with Gasteiger partial charge in [-0.25, -0.2) is 9.97 Å². The number of rotatable bonds is 6. The molecule has 1 aliphatic heterocycles. The Bertz CT molecular complexity index is 1170. The van der Waals surface area contributed by atoms with E-state index >= 15 is 0 Å². The lowest BCUT2D eigenvalue weighted by Gasteiger charge is -2.32. The first-order valence-electron chi connectivity index (χ1n) is 10.9. The number of hydrogen-bond acceptors (Lipinski definition) is 5. The van der Waals surface area contributed by atoms with Crippen LogP contribution in [0.5, 0.6) is 5.75 Å². The normalized spacial score (nSPS) is 15.9. The Balaban J connectivity index is 1.32. The molecule has 5 heteroatoms. The third-order valence-electron chi connectivity index (χ3n) is 6.04. The van der Waals surface area contributed by atoms with Crippen molar-refractivity contribution >= 4 is 32.8 Å². The molecule has 0 bridgehead atoms. The third-order valence-corrected chi connectivity index (χ3v) is 6.04. The fourth-order valence-corrected chi connectivity index (χ4v) is 4.23. The van der Waals surface area contributed by atoms with Crippen molar-refractivity contribution in [3.05, 3.63) is 54.6 Å². The van der Waals surface area contributed by atoms with E-state index in [0.717, 1.165) is 58.2 Å². The quantitative estimate of drug-likeness (QED) is 0.274. The second-order valence-corrected chi connectivity index (χ2v) is 8.20. The number of nitrogens with zero attached hydrogens (tertiary/aromatic N) is 4. The Labute approximate surface area is 177 Å². The molecule has 0 unspecified atom stereocenters. The van der Waals surface area contributed by atoms with Crippen LogP contribution >= 0.6 is 0 Å². The van der Waals surface area contributed by atoms with Gasteiger partial charge in [0.25, 0.3) is 0 Å². The highest BCUT2D eigenvalue weighted by Gasteiger charge is 2.13. The van der Waals surface area contributed by atoms with E-state index < -0.39 is 0 Å². The molecule has 1 fully saturated rings. The number of likely N-dealkylation sites (N-methyl/N-ethyl adjacent to an activating group) is 1. The molecule has 0 radical (unpaired) electrons. The van der Waals surface area contributed by atoms with Gasteiger partial charge in [0.1, 0.15) is 5.75 Å². The Morgan fingerprint density at radius 2 is 1.50 bits per heavy atom. The molecule has 30 heavy (non-hydrogen) atoms. The topological polar surface area (TPSA) is 41.5 Å². The zero-order valence-electron chi connectivity index (χ0n) is 17.6. The van der Waals surface area contributed by atoms with Crippen LogP contribution in [0.3, 0.4) is 0 Å². The average molecular weight is 401 g/mol. The van der Waals surface area contributed by atoms with Gasteiger partial charge in [-0.05, 0) is 38.6 Å². The summed E-state index contributed by atoms with van der Waals surface area (Å²) in [6, 6.07) is 18.4. The number of hydrogen-bond donors (Lipinski definition) is 0. The van der Waals surface area contributed by atoms with E-state index in [1.807, 2.05) is 24.3 Å².